The van der Waals surface area contributed by atoms with Crippen molar-refractivity contribution in [2.75, 3.05) is 0 Å². The van der Waals surface area contributed by atoms with Crippen molar-refractivity contribution in [1.82, 2.24) is 9.97 Å². The molecule has 0 aliphatic carbocycles. The number of fused-ring (bicyclic) bond motifs is 1. The third-order valence-electron chi connectivity index (χ3n) is 5.09. The van der Waals surface area contributed by atoms with Gasteiger partial charge in [-0.05, 0) is 56.5 Å². The second-order valence-electron chi connectivity index (χ2n) is 7.35. The van der Waals surface area contributed by atoms with Crippen molar-refractivity contribution >= 4 is 10.9 Å². The summed E-state index contributed by atoms with van der Waals surface area (Å²) in [4.78, 5) is 19.5. The zero-order chi connectivity index (χ0) is 20.9. The summed E-state index contributed by atoms with van der Waals surface area (Å²) in [5.41, 5.74) is 0.513. The Morgan fingerprint density at radius 1 is 1.11 bits per heavy atom. The fraction of sp³-hybridized carbons (Fsp3) is 0.286. The predicted octanol–water partition coefficient (Wildman–Crippen LogP) is 4.92. The van der Waals surface area contributed by atoms with Crippen LogP contribution < -0.4 is 5.43 Å². The van der Waals surface area contributed by atoms with E-state index in [1.807, 2.05) is 6.07 Å². The Morgan fingerprint density at radius 3 is 2.39 bits per heavy atom. The molecule has 4 nitrogen and oxygen atoms in total. The van der Waals surface area contributed by atoms with Crippen molar-refractivity contribution in [2.45, 2.75) is 39.3 Å². The van der Waals surface area contributed by atoms with E-state index in [0.29, 0.717) is 27.9 Å². The molecule has 0 atom stereocenters. The summed E-state index contributed by atoms with van der Waals surface area (Å²) in [6.45, 7) is 5.65. The van der Waals surface area contributed by atoms with Gasteiger partial charge in [0, 0.05) is 23.5 Å². The Kier molecular flexibility index (Phi) is 4.54. The zero-order valence-corrected chi connectivity index (χ0v) is 15.8. The Labute approximate surface area is 159 Å². The molecule has 0 aliphatic heterocycles. The van der Waals surface area contributed by atoms with E-state index in [1.165, 1.54) is 18.3 Å². The molecule has 0 saturated carbocycles. The van der Waals surface area contributed by atoms with Crippen LogP contribution in [0.3, 0.4) is 0 Å². The number of nitrogens with one attached hydrogen (secondary N) is 1. The quantitative estimate of drug-likeness (QED) is 0.681. The zero-order valence-electron chi connectivity index (χ0n) is 15.8. The number of aryl methyl sites for hydroxylation is 2. The third-order valence-corrected chi connectivity index (χ3v) is 5.09. The van der Waals surface area contributed by atoms with Gasteiger partial charge in [-0.1, -0.05) is 6.07 Å². The predicted molar refractivity (Wildman–Crippen MR) is 101 cm³/mol. The summed E-state index contributed by atoms with van der Waals surface area (Å²) in [6, 6.07) is 8.00. The molecule has 2 heterocycles. The molecule has 7 heteroatoms. The first-order valence-electron chi connectivity index (χ1n) is 8.58. The Balaban J connectivity index is 2.23. The van der Waals surface area contributed by atoms with E-state index in [1.54, 1.807) is 26.0 Å². The van der Waals surface area contributed by atoms with E-state index in [4.69, 9.17) is 5.26 Å². The highest BCUT2D eigenvalue weighted by atomic mass is 19.4. The SMILES string of the molecule is Cc1cc(C(C)(C)C(F)(F)F)c(C)cc1-c1cc(=O)c2c(C#N)nccc2[nH]1. The van der Waals surface area contributed by atoms with Gasteiger partial charge in [0.1, 0.15) is 6.07 Å². The molecule has 0 spiro atoms. The Morgan fingerprint density at radius 2 is 1.79 bits per heavy atom. The lowest BCUT2D eigenvalue weighted by Gasteiger charge is -2.30. The fourth-order valence-electron chi connectivity index (χ4n) is 3.36. The fourth-order valence-corrected chi connectivity index (χ4v) is 3.36. The van der Waals surface area contributed by atoms with Crippen LogP contribution in [0.2, 0.25) is 0 Å². The van der Waals surface area contributed by atoms with Gasteiger partial charge in [-0.25, -0.2) is 4.98 Å². The van der Waals surface area contributed by atoms with Gasteiger partial charge in [-0.15, -0.1) is 0 Å². The molecule has 2 aromatic heterocycles. The molecular formula is C21H18F3N3O. The number of rotatable bonds is 2. The molecule has 0 saturated heterocycles. The number of H-pyrrole nitrogens is 1. The number of aromatic nitrogens is 2. The molecule has 1 N–H and O–H groups in total. The van der Waals surface area contributed by atoms with Gasteiger partial charge < -0.3 is 4.98 Å². The van der Waals surface area contributed by atoms with Crippen molar-refractivity contribution in [2.24, 2.45) is 0 Å². The van der Waals surface area contributed by atoms with Crippen molar-refractivity contribution in [1.29, 1.82) is 5.26 Å². The van der Waals surface area contributed by atoms with Gasteiger partial charge in [0.05, 0.1) is 16.3 Å². The van der Waals surface area contributed by atoms with E-state index in [0.717, 1.165) is 13.8 Å². The molecule has 0 unspecified atom stereocenters. The molecular weight excluding hydrogens is 367 g/mol. The smallest absolute Gasteiger partial charge is 0.354 e. The van der Waals surface area contributed by atoms with E-state index in [-0.39, 0.29) is 22.1 Å². The van der Waals surface area contributed by atoms with E-state index in [9.17, 15) is 18.0 Å². The van der Waals surface area contributed by atoms with E-state index in [2.05, 4.69) is 9.97 Å². The van der Waals surface area contributed by atoms with Crippen LogP contribution in [-0.4, -0.2) is 16.1 Å². The Bertz CT molecular complexity index is 1180. The second-order valence-corrected chi connectivity index (χ2v) is 7.35. The number of hydrogen-bond acceptors (Lipinski definition) is 3. The number of benzene rings is 1. The number of nitriles is 1. The van der Waals surface area contributed by atoms with Crippen LogP contribution in [-0.2, 0) is 5.41 Å². The van der Waals surface area contributed by atoms with Gasteiger partial charge in [-0.3, -0.25) is 4.79 Å². The van der Waals surface area contributed by atoms with Gasteiger partial charge in [0.25, 0.3) is 0 Å². The van der Waals surface area contributed by atoms with Crippen LogP contribution in [0.15, 0.2) is 35.3 Å². The summed E-state index contributed by atoms with van der Waals surface area (Å²) in [5.74, 6) is 0. The highest BCUT2D eigenvalue weighted by Crippen LogP contribution is 2.43. The van der Waals surface area contributed by atoms with E-state index >= 15 is 0 Å². The lowest BCUT2D eigenvalue weighted by Crippen LogP contribution is -2.37. The number of halogens is 3. The summed E-state index contributed by atoms with van der Waals surface area (Å²) in [5, 5.41) is 9.33. The van der Waals surface area contributed by atoms with Gasteiger partial charge in [0.15, 0.2) is 11.1 Å². The topological polar surface area (TPSA) is 69.5 Å². The molecule has 0 radical (unpaired) electrons. The summed E-state index contributed by atoms with van der Waals surface area (Å²) in [6.07, 6.45) is -2.96. The first-order chi connectivity index (χ1) is 13.0. The van der Waals surface area contributed by atoms with Crippen LogP contribution >= 0.6 is 0 Å². The molecule has 0 bridgehead atoms. The maximum absolute atomic E-state index is 13.5. The molecule has 0 fully saturated rings. The van der Waals surface area contributed by atoms with Gasteiger partial charge in [-0.2, -0.15) is 18.4 Å². The highest BCUT2D eigenvalue weighted by Gasteiger charge is 2.49. The second kappa shape index (κ2) is 6.48. The molecule has 0 amide bonds. The van der Waals surface area contributed by atoms with Gasteiger partial charge in [0.2, 0.25) is 0 Å². The molecule has 3 rings (SSSR count). The molecule has 3 aromatic rings. The summed E-state index contributed by atoms with van der Waals surface area (Å²) in [7, 11) is 0. The summed E-state index contributed by atoms with van der Waals surface area (Å²) >= 11 is 0. The number of alkyl halides is 3. The third kappa shape index (κ3) is 3.05. The number of aromatic amines is 1. The number of pyridine rings is 2. The van der Waals surface area contributed by atoms with Crippen molar-refractivity contribution in [3.8, 4) is 17.3 Å². The maximum atomic E-state index is 13.5. The van der Waals surface area contributed by atoms with Crippen LogP contribution in [0, 0.1) is 25.2 Å². The lowest BCUT2D eigenvalue weighted by molar-refractivity contribution is -0.180. The largest absolute Gasteiger partial charge is 0.397 e. The number of nitrogens with zero attached hydrogens (tertiary/aromatic N) is 2. The average molecular weight is 385 g/mol. The van der Waals surface area contributed by atoms with Crippen molar-refractivity contribution in [3.05, 3.63) is 63.1 Å². The minimum absolute atomic E-state index is 0.0282. The Hall–Kier alpha value is -3.14. The molecule has 1 aromatic carbocycles. The van der Waals surface area contributed by atoms with Crippen molar-refractivity contribution < 1.29 is 13.2 Å². The van der Waals surface area contributed by atoms with Gasteiger partial charge >= 0.3 is 6.18 Å². The highest BCUT2D eigenvalue weighted by molar-refractivity contribution is 5.85. The van der Waals surface area contributed by atoms with Crippen LogP contribution in [0.4, 0.5) is 13.2 Å². The molecule has 0 aliphatic rings. The lowest BCUT2D eigenvalue weighted by atomic mass is 9.79. The van der Waals surface area contributed by atoms with Crippen LogP contribution in [0.1, 0.15) is 36.2 Å². The minimum atomic E-state index is -4.39. The van der Waals surface area contributed by atoms with Crippen molar-refractivity contribution in [3.63, 3.8) is 0 Å². The normalized spacial score (nSPS) is 12.2. The maximum Gasteiger partial charge on any atom is 0.397 e. The minimum Gasteiger partial charge on any atom is -0.354 e. The number of hydrogen-bond donors (Lipinski definition) is 1. The van der Waals surface area contributed by atoms with Crippen LogP contribution in [0.5, 0.6) is 0 Å². The first-order valence-corrected chi connectivity index (χ1v) is 8.58. The summed E-state index contributed by atoms with van der Waals surface area (Å²) < 4.78 is 40.4. The average Bonchev–Trinajstić information content (AvgIpc) is 2.61. The first kappa shape index (κ1) is 19.6. The standard InChI is InChI=1S/C21H18F3N3O/c1-11-8-14(20(3,4)21(22,23)24)12(2)7-13(11)16-9-18(28)19-15(27-16)5-6-26-17(19)10-25/h5-9H,1-4H3,(H,27,28). The van der Waals surface area contributed by atoms with Crippen LogP contribution in [0.25, 0.3) is 22.2 Å². The molecule has 28 heavy (non-hydrogen) atoms. The molecule has 144 valence electrons. The monoisotopic (exact) mass is 385 g/mol. The van der Waals surface area contributed by atoms with E-state index < -0.39 is 11.6 Å².